The molecular weight excluding hydrogens is 418 g/mol. The molecule has 0 unspecified atom stereocenters. The minimum atomic E-state index is -3.93. The molecule has 29 heavy (non-hydrogen) atoms. The van der Waals surface area contributed by atoms with Crippen molar-refractivity contribution in [3.05, 3.63) is 53.3 Å². The fraction of sp³-hybridized carbons (Fsp3) is 0.278. The zero-order chi connectivity index (χ0) is 20.9. The van der Waals surface area contributed by atoms with Gasteiger partial charge in [-0.2, -0.15) is 4.68 Å². The summed E-state index contributed by atoms with van der Waals surface area (Å²) < 4.78 is 41.2. The van der Waals surface area contributed by atoms with Gasteiger partial charge in [-0.1, -0.05) is 29.8 Å². The third kappa shape index (κ3) is 4.84. The highest BCUT2D eigenvalue weighted by Crippen LogP contribution is 2.34. The molecule has 154 valence electrons. The summed E-state index contributed by atoms with van der Waals surface area (Å²) in [5.74, 6) is 0.467. The number of benzene rings is 2. The van der Waals surface area contributed by atoms with Crippen molar-refractivity contribution in [2.45, 2.75) is 25.3 Å². The van der Waals surface area contributed by atoms with Gasteiger partial charge in [0.1, 0.15) is 28.4 Å². The third-order valence-corrected chi connectivity index (χ3v) is 5.71. The maximum atomic E-state index is 13.0. The van der Waals surface area contributed by atoms with Crippen LogP contribution in [-0.4, -0.2) is 41.8 Å². The van der Waals surface area contributed by atoms with Gasteiger partial charge in [-0.3, -0.25) is 0 Å². The van der Waals surface area contributed by atoms with Crippen LogP contribution in [0.15, 0.2) is 47.6 Å². The van der Waals surface area contributed by atoms with E-state index in [1.165, 1.54) is 23.1 Å². The normalized spacial score (nSPS) is 11.4. The Morgan fingerprint density at radius 2 is 1.83 bits per heavy atom. The number of halogens is 1. The molecule has 0 bridgehead atoms. The number of ether oxygens (including phenoxy) is 2. The first kappa shape index (κ1) is 21.0. The van der Waals surface area contributed by atoms with Crippen LogP contribution in [0.5, 0.6) is 11.5 Å². The Hall–Kier alpha value is -2.69. The summed E-state index contributed by atoms with van der Waals surface area (Å²) >= 11 is 6.12. The van der Waals surface area contributed by atoms with Crippen LogP contribution in [0.2, 0.25) is 5.02 Å². The number of tetrazole rings is 1. The predicted molar refractivity (Wildman–Crippen MR) is 107 cm³/mol. The summed E-state index contributed by atoms with van der Waals surface area (Å²) in [6.07, 6.45) is 1.39. The van der Waals surface area contributed by atoms with E-state index in [1.807, 2.05) is 0 Å². The smallest absolute Gasteiger partial charge is 0.244 e. The highest BCUT2D eigenvalue weighted by atomic mass is 35.5. The standard InChI is InChI=1S/C18H20ClN5O4S/c1-3-27-16-10-18(17(28-4-2)9-15(16)24-12-20-22-23-24)29(25,26)21-11-13-7-5-6-8-14(13)19/h5-10,12,21H,3-4,11H2,1-2H3. The molecule has 0 aliphatic heterocycles. The molecule has 2 aromatic carbocycles. The van der Waals surface area contributed by atoms with E-state index in [0.717, 1.165) is 0 Å². The van der Waals surface area contributed by atoms with Gasteiger partial charge >= 0.3 is 0 Å². The van der Waals surface area contributed by atoms with Gasteiger partial charge in [-0.25, -0.2) is 13.1 Å². The van der Waals surface area contributed by atoms with E-state index in [1.54, 1.807) is 38.1 Å². The Kier molecular flexibility index (Phi) is 6.68. The van der Waals surface area contributed by atoms with Crippen LogP contribution in [-0.2, 0) is 16.6 Å². The van der Waals surface area contributed by atoms with Crippen LogP contribution in [0.3, 0.4) is 0 Å². The van der Waals surface area contributed by atoms with E-state index in [0.29, 0.717) is 28.6 Å². The second-order valence-corrected chi connectivity index (χ2v) is 7.95. The van der Waals surface area contributed by atoms with Crippen molar-refractivity contribution in [3.8, 4) is 17.2 Å². The SMILES string of the molecule is CCOc1cc(S(=O)(=O)NCc2ccccc2Cl)c(OCC)cc1-n1cnnn1. The number of sulfonamides is 1. The first-order valence-corrected chi connectivity index (χ1v) is 10.7. The minimum absolute atomic E-state index is 0.0340. The summed E-state index contributed by atoms with van der Waals surface area (Å²) in [6.45, 7) is 4.20. The lowest BCUT2D eigenvalue weighted by atomic mass is 10.2. The molecule has 0 amide bonds. The quantitative estimate of drug-likeness (QED) is 0.548. The molecule has 0 radical (unpaired) electrons. The Morgan fingerprint density at radius 3 is 2.48 bits per heavy atom. The van der Waals surface area contributed by atoms with Crippen LogP contribution in [0.4, 0.5) is 0 Å². The van der Waals surface area contributed by atoms with E-state index in [2.05, 4.69) is 20.2 Å². The van der Waals surface area contributed by atoms with Gasteiger partial charge in [0.2, 0.25) is 10.0 Å². The number of hydrogen-bond acceptors (Lipinski definition) is 7. The Labute approximate surface area is 173 Å². The molecule has 1 N–H and O–H groups in total. The lowest BCUT2D eigenvalue weighted by Crippen LogP contribution is -2.24. The molecule has 3 rings (SSSR count). The Balaban J connectivity index is 2.01. The minimum Gasteiger partial charge on any atom is -0.492 e. The van der Waals surface area contributed by atoms with Crippen molar-refractivity contribution in [3.63, 3.8) is 0 Å². The maximum Gasteiger partial charge on any atom is 0.244 e. The largest absolute Gasteiger partial charge is 0.492 e. The van der Waals surface area contributed by atoms with Crippen LogP contribution < -0.4 is 14.2 Å². The summed E-state index contributed by atoms with van der Waals surface area (Å²) in [5, 5.41) is 11.5. The van der Waals surface area contributed by atoms with Crippen molar-refractivity contribution in [2.24, 2.45) is 0 Å². The highest BCUT2D eigenvalue weighted by molar-refractivity contribution is 7.89. The summed E-state index contributed by atoms with van der Waals surface area (Å²) in [4.78, 5) is -0.0494. The fourth-order valence-electron chi connectivity index (χ4n) is 2.62. The van der Waals surface area contributed by atoms with Gasteiger partial charge in [-0.15, -0.1) is 5.10 Å². The lowest BCUT2D eigenvalue weighted by molar-refractivity contribution is 0.321. The van der Waals surface area contributed by atoms with E-state index in [4.69, 9.17) is 21.1 Å². The molecular formula is C18H20ClN5O4S. The second kappa shape index (κ2) is 9.21. The molecule has 0 saturated carbocycles. The van der Waals surface area contributed by atoms with Crippen LogP contribution in [0, 0.1) is 0 Å². The van der Waals surface area contributed by atoms with Crippen molar-refractivity contribution >= 4 is 21.6 Å². The zero-order valence-corrected chi connectivity index (χ0v) is 17.4. The molecule has 9 nitrogen and oxygen atoms in total. The number of rotatable bonds is 9. The highest BCUT2D eigenvalue weighted by Gasteiger charge is 2.24. The van der Waals surface area contributed by atoms with Crippen molar-refractivity contribution in [1.82, 2.24) is 24.9 Å². The predicted octanol–water partition coefficient (Wildman–Crippen LogP) is 2.59. The molecule has 3 aromatic rings. The maximum absolute atomic E-state index is 13.0. The van der Waals surface area contributed by atoms with Gasteiger partial charge in [-0.05, 0) is 35.9 Å². The average molecular weight is 438 g/mol. The number of hydrogen-bond donors (Lipinski definition) is 1. The molecule has 1 aromatic heterocycles. The van der Waals surface area contributed by atoms with Gasteiger partial charge < -0.3 is 9.47 Å². The second-order valence-electron chi connectivity index (χ2n) is 5.80. The molecule has 0 aliphatic carbocycles. The first-order valence-electron chi connectivity index (χ1n) is 8.86. The lowest BCUT2D eigenvalue weighted by Gasteiger charge is -2.17. The van der Waals surface area contributed by atoms with Crippen molar-refractivity contribution in [1.29, 1.82) is 0 Å². The molecule has 0 spiro atoms. The van der Waals surface area contributed by atoms with Crippen LogP contribution >= 0.6 is 11.6 Å². The van der Waals surface area contributed by atoms with Crippen molar-refractivity contribution < 1.29 is 17.9 Å². The number of nitrogens with zero attached hydrogens (tertiary/aromatic N) is 4. The molecule has 0 atom stereocenters. The van der Waals surface area contributed by atoms with E-state index in [-0.39, 0.29) is 23.8 Å². The zero-order valence-electron chi connectivity index (χ0n) is 15.9. The first-order chi connectivity index (χ1) is 14.0. The molecule has 1 heterocycles. The molecule has 0 fully saturated rings. The Morgan fingerprint density at radius 1 is 1.10 bits per heavy atom. The van der Waals surface area contributed by atoms with Gasteiger partial charge in [0.15, 0.2) is 0 Å². The number of nitrogens with one attached hydrogen (secondary N) is 1. The topological polar surface area (TPSA) is 108 Å². The van der Waals surface area contributed by atoms with Gasteiger partial charge in [0, 0.05) is 23.7 Å². The average Bonchev–Trinajstić information content (AvgIpc) is 3.23. The van der Waals surface area contributed by atoms with Gasteiger partial charge in [0.05, 0.1) is 13.2 Å². The monoisotopic (exact) mass is 437 g/mol. The van der Waals surface area contributed by atoms with Crippen molar-refractivity contribution in [2.75, 3.05) is 13.2 Å². The molecule has 0 aliphatic rings. The fourth-order valence-corrected chi connectivity index (χ4v) is 3.97. The Bertz CT molecular complexity index is 1070. The van der Waals surface area contributed by atoms with Crippen LogP contribution in [0.25, 0.3) is 5.69 Å². The van der Waals surface area contributed by atoms with Gasteiger partial charge in [0.25, 0.3) is 0 Å². The van der Waals surface area contributed by atoms with Crippen LogP contribution in [0.1, 0.15) is 19.4 Å². The number of aromatic nitrogens is 4. The van der Waals surface area contributed by atoms with E-state index < -0.39 is 10.0 Å². The van der Waals surface area contributed by atoms with E-state index in [9.17, 15) is 8.42 Å². The molecule has 11 heteroatoms. The summed E-state index contributed by atoms with van der Waals surface area (Å²) in [5.41, 5.74) is 1.12. The molecule has 0 saturated heterocycles. The summed E-state index contributed by atoms with van der Waals surface area (Å²) in [7, 11) is -3.93. The van der Waals surface area contributed by atoms with E-state index >= 15 is 0 Å². The summed E-state index contributed by atoms with van der Waals surface area (Å²) in [6, 6.07) is 9.95. The third-order valence-electron chi connectivity index (χ3n) is 3.92.